The Labute approximate surface area is 192 Å². The molecule has 0 N–H and O–H groups in total. The highest BCUT2D eigenvalue weighted by molar-refractivity contribution is 6.30. The van der Waals surface area contributed by atoms with Gasteiger partial charge in [-0.2, -0.15) is 0 Å². The molecule has 0 aliphatic carbocycles. The molecule has 0 saturated carbocycles. The van der Waals surface area contributed by atoms with Crippen molar-refractivity contribution in [1.82, 2.24) is 0 Å². The van der Waals surface area contributed by atoms with Crippen LogP contribution in [-0.2, 0) is 23.7 Å². The average molecular weight is 463 g/mol. The van der Waals surface area contributed by atoms with Gasteiger partial charge in [-0.05, 0) is 17.5 Å². The van der Waals surface area contributed by atoms with Crippen molar-refractivity contribution >= 4 is 23.2 Å². The second-order valence-electron chi connectivity index (χ2n) is 7.12. The van der Waals surface area contributed by atoms with Gasteiger partial charge in [0.2, 0.25) is 0 Å². The molecule has 2 aliphatic heterocycles. The molecule has 0 amide bonds. The first kappa shape index (κ1) is 22.0. The van der Waals surface area contributed by atoms with Crippen LogP contribution in [0.4, 0.5) is 0 Å². The summed E-state index contributed by atoms with van der Waals surface area (Å²) < 4.78 is 28.7. The zero-order chi connectivity index (χ0) is 21.6. The maximum absolute atomic E-state index is 6.28. The molecule has 4 atom stereocenters. The Morgan fingerprint density at radius 2 is 1.81 bits per heavy atom. The largest absolute Gasteiger partial charge is 0.493 e. The molecule has 2 aromatic rings. The summed E-state index contributed by atoms with van der Waals surface area (Å²) in [4.78, 5) is 0. The minimum Gasteiger partial charge on any atom is -0.493 e. The quantitative estimate of drug-likeness (QED) is 0.387. The van der Waals surface area contributed by atoms with Crippen LogP contribution in [0.25, 0.3) is 11.1 Å². The van der Waals surface area contributed by atoms with Gasteiger partial charge in [0.15, 0.2) is 30.7 Å². The molecule has 31 heavy (non-hydrogen) atoms. The number of hydrogen-bond acceptors (Lipinski definition) is 5. The maximum atomic E-state index is 6.28. The standard InChI is InChI=1S/C24H24Cl2O5/c1-27-23-20(30-15-31-24-21(26)19(25)11-13-29-24)12-14-28-22(23)18-10-6-5-9-17(18)16-7-3-2-4-8-16/h2-10,12,14,19,21-22,24H,11,13,15H2,1H3/t19-,21+,22?,24?/m0/s1. The number of ether oxygens (including phenoxy) is 5. The van der Waals surface area contributed by atoms with E-state index >= 15 is 0 Å². The van der Waals surface area contributed by atoms with Gasteiger partial charge < -0.3 is 23.7 Å². The van der Waals surface area contributed by atoms with E-state index in [1.807, 2.05) is 36.4 Å². The minimum atomic E-state index is -0.622. The topological polar surface area (TPSA) is 46.2 Å². The molecule has 2 aromatic carbocycles. The number of allylic oxidation sites excluding steroid dienone is 1. The molecular weight excluding hydrogens is 439 g/mol. The first-order valence-corrected chi connectivity index (χ1v) is 10.9. The molecule has 1 fully saturated rings. The first-order chi connectivity index (χ1) is 15.2. The van der Waals surface area contributed by atoms with Crippen LogP contribution in [0.1, 0.15) is 18.1 Å². The van der Waals surface area contributed by atoms with E-state index in [4.69, 9.17) is 46.9 Å². The lowest BCUT2D eigenvalue weighted by Crippen LogP contribution is -2.40. The third kappa shape index (κ3) is 5.01. The predicted molar refractivity (Wildman–Crippen MR) is 120 cm³/mol. The van der Waals surface area contributed by atoms with E-state index in [9.17, 15) is 0 Å². The van der Waals surface area contributed by atoms with E-state index in [0.717, 1.165) is 16.7 Å². The summed E-state index contributed by atoms with van der Waals surface area (Å²) in [6.07, 6.45) is 2.91. The second-order valence-corrected chi connectivity index (χ2v) is 8.19. The molecule has 0 aromatic heterocycles. The number of hydrogen-bond donors (Lipinski definition) is 0. The van der Waals surface area contributed by atoms with Crippen LogP contribution in [0.15, 0.2) is 78.5 Å². The zero-order valence-corrected chi connectivity index (χ0v) is 18.6. The molecular formula is C24H24Cl2O5. The molecule has 4 rings (SSSR count). The van der Waals surface area contributed by atoms with Crippen LogP contribution in [0.3, 0.4) is 0 Å². The van der Waals surface area contributed by atoms with Crippen LogP contribution in [0.5, 0.6) is 0 Å². The minimum absolute atomic E-state index is 0.0585. The summed E-state index contributed by atoms with van der Waals surface area (Å²) in [6.45, 7) is 0.442. The van der Waals surface area contributed by atoms with Crippen molar-refractivity contribution < 1.29 is 23.7 Å². The Hall–Kier alpha value is -2.18. The van der Waals surface area contributed by atoms with Gasteiger partial charge >= 0.3 is 0 Å². The molecule has 0 radical (unpaired) electrons. The van der Waals surface area contributed by atoms with E-state index < -0.39 is 17.8 Å². The van der Waals surface area contributed by atoms with Crippen molar-refractivity contribution in [3.05, 3.63) is 84.0 Å². The molecule has 164 valence electrons. The zero-order valence-electron chi connectivity index (χ0n) is 17.1. The highest BCUT2D eigenvalue weighted by Gasteiger charge is 2.33. The molecule has 2 aliphatic rings. The fourth-order valence-electron chi connectivity index (χ4n) is 3.62. The smallest absolute Gasteiger partial charge is 0.192 e. The normalized spacial score (nSPS) is 25.8. The van der Waals surface area contributed by atoms with Gasteiger partial charge in [-0.1, -0.05) is 54.6 Å². The molecule has 5 nitrogen and oxygen atoms in total. The second kappa shape index (κ2) is 10.4. The van der Waals surface area contributed by atoms with Gasteiger partial charge in [-0.15, -0.1) is 23.2 Å². The monoisotopic (exact) mass is 462 g/mol. The molecule has 2 unspecified atom stereocenters. The van der Waals surface area contributed by atoms with E-state index in [1.165, 1.54) is 0 Å². The summed E-state index contributed by atoms with van der Waals surface area (Å²) in [5.41, 5.74) is 3.12. The van der Waals surface area contributed by atoms with Crippen molar-refractivity contribution in [2.45, 2.75) is 29.6 Å². The molecule has 2 heterocycles. The molecule has 0 bridgehead atoms. The number of halogens is 2. The highest BCUT2D eigenvalue weighted by Crippen LogP contribution is 2.38. The Morgan fingerprint density at radius 1 is 1.03 bits per heavy atom. The van der Waals surface area contributed by atoms with Crippen LogP contribution in [0, 0.1) is 0 Å². The molecule has 7 heteroatoms. The van der Waals surface area contributed by atoms with E-state index in [2.05, 4.69) is 18.2 Å². The van der Waals surface area contributed by atoms with Crippen LogP contribution < -0.4 is 0 Å². The van der Waals surface area contributed by atoms with Gasteiger partial charge in [-0.25, -0.2) is 0 Å². The van der Waals surface area contributed by atoms with E-state index in [1.54, 1.807) is 19.4 Å². The lowest BCUT2D eigenvalue weighted by atomic mass is 9.94. The number of benzene rings is 2. The van der Waals surface area contributed by atoms with Crippen molar-refractivity contribution in [3.63, 3.8) is 0 Å². The maximum Gasteiger partial charge on any atom is 0.192 e. The predicted octanol–water partition coefficient (Wildman–Crippen LogP) is 5.75. The average Bonchev–Trinajstić information content (AvgIpc) is 2.82. The Kier molecular flexibility index (Phi) is 7.41. The van der Waals surface area contributed by atoms with Crippen molar-refractivity contribution in [3.8, 4) is 11.1 Å². The summed E-state index contributed by atoms with van der Waals surface area (Å²) in [6, 6.07) is 18.2. The Morgan fingerprint density at radius 3 is 2.61 bits per heavy atom. The summed E-state index contributed by atoms with van der Waals surface area (Å²) in [5.74, 6) is 1.07. The van der Waals surface area contributed by atoms with Crippen molar-refractivity contribution in [2.75, 3.05) is 20.5 Å². The first-order valence-electron chi connectivity index (χ1n) is 10.1. The van der Waals surface area contributed by atoms with Gasteiger partial charge in [0.1, 0.15) is 5.38 Å². The molecule has 1 saturated heterocycles. The number of methoxy groups -OCH3 is 1. The van der Waals surface area contributed by atoms with Crippen LogP contribution >= 0.6 is 23.2 Å². The lowest BCUT2D eigenvalue weighted by Gasteiger charge is -2.31. The van der Waals surface area contributed by atoms with Gasteiger partial charge in [-0.3, -0.25) is 0 Å². The van der Waals surface area contributed by atoms with Crippen LogP contribution in [0.2, 0.25) is 0 Å². The fraction of sp³-hybridized carbons (Fsp3) is 0.333. The lowest BCUT2D eigenvalue weighted by molar-refractivity contribution is -0.197. The summed E-state index contributed by atoms with van der Waals surface area (Å²) in [7, 11) is 1.59. The van der Waals surface area contributed by atoms with Crippen LogP contribution in [-0.4, -0.2) is 37.6 Å². The SMILES string of the molecule is COC1=C(OCOC2OCC[C@H](Cl)[C@H]2Cl)C=COC1c1ccccc1-c1ccccc1. The Balaban J connectivity index is 1.52. The van der Waals surface area contributed by atoms with E-state index in [-0.39, 0.29) is 12.2 Å². The number of rotatable bonds is 7. The van der Waals surface area contributed by atoms with Gasteiger partial charge in [0.25, 0.3) is 0 Å². The molecule has 0 spiro atoms. The summed E-state index contributed by atoms with van der Waals surface area (Å²) >= 11 is 12.5. The van der Waals surface area contributed by atoms with Crippen molar-refractivity contribution in [2.24, 2.45) is 0 Å². The van der Waals surface area contributed by atoms with Gasteiger partial charge in [0, 0.05) is 11.6 Å². The third-order valence-electron chi connectivity index (χ3n) is 5.19. The fourth-order valence-corrected chi connectivity index (χ4v) is 4.10. The third-order valence-corrected chi connectivity index (χ3v) is 6.32. The summed E-state index contributed by atoms with van der Waals surface area (Å²) in [5, 5.41) is -0.637. The van der Waals surface area contributed by atoms with E-state index in [0.29, 0.717) is 24.5 Å². The highest BCUT2D eigenvalue weighted by atomic mass is 35.5. The van der Waals surface area contributed by atoms with Gasteiger partial charge in [0.05, 0.1) is 25.4 Å². The number of alkyl halides is 2. The Bertz CT molecular complexity index is 931. The van der Waals surface area contributed by atoms with Crippen molar-refractivity contribution in [1.29, 1.82) is 0 Å².